The number of carbonyl (C=O) groups is 3. The van der Waals surface area contributed by atoms with E-state index in [-0.39, 0.29) is 18.5 Å². The molecule has 2 aromatic rings. The predicted molar refractivity (Wildman–Crippen MR) is 116 cm³/mol. The zero-order chi connectivity index (χ0) is 22.2. The molecule has 2 amide bonds. The molecule has 0 radical (unpaired) electrons. The van der Waals surface area contributed by atoms with Crippen molar-refractivity contribution in [2.45, 2.75) is 45.3 Å². The monoisotopic (exact) mass is 424 g/mol. The lowest BCUT2D eigenvalue weighted by molar-refractivity contribution is -0.154. The molecular weight excluding hydrogens is 396 g/mol. The molecule has 0 aliphatic heterocycles. The van der Waals surface area contributed by atoms with Gasteiger partial charge in [-0.25, -0.2) is 0 Å². The van der Waals surface area contributed by atoms with Crippen molar-refractivity contribution in [1.29, 1.82) is 0 Å². The molecule has 2 N–H and O–H groups in total. The Balaban J connectivity index is 1.46. The molecule has 0 aromatic heterocycles. The summed E-state index contributed by atoms with van der Waals surface area (Å²) in [6.45, 7) is 3.62. The van der Waals surface area contributed by atoms with Crippen LogP contribution in [0.4, 0.5) is 0 Å². The van der Waals surface area contributed by atoms with Gasteiger partial charge >= 0.3 is 5.97 Å². The molecule has 0 saturated carbocycles. The normalized spacial score (nSPS) is 15.9. The first-order valence-corrected chi connectivity index (χ1v) is 10.6. The Morgan fingerprint density at radius 1 is 1.10 bits per heavy atom. The zero-order valence-corrected chi connectivity index (χ0v) is 17.9. The Hall–Kier alpha value is -3.35. The fraction of sp³-hybridized carbons (Fsp3) is 0.375. The van der Waals surface area contributed by atoms with Gasteiger partial charge in [0.15, 0.2) is 6.10 Å². The maximum atomic E-state index is 12.5. The van der Waals surface area contributed by atoms with E-state index < -0.39 is 18.0 Å². The molecule has 1 aliphatic carbocycles. The van der Waals surface area contributed by atoms with Gasteiger partial charge in [-0.05, 0) is 68.5 Å². The van der Waals surface area contributed by atoms with Gasteiger partial charge in [0.2, 0.25) is 0 Å². The number of carbonyl (C=O) groups excluding carboxylic acids is 3. The zero-order valence-electron chi connectivity index (χ0n) is 17.9. The van der Waals surface area contributed by atoms with Crippen molar-refractivity contribution in [2.75, 3.05) is 13.2 Å². The number of esters is 1. The lowest BCUT2D eigenvalue weighted by Gasteiger charge is -2.27. The third-order valence-corrected chi connectivity index (χ3v) is 5.18. The summed E-state index contributed by atoms with van der Waals surface area (Å²) in [4.78, 5) is 36.8. The second-order valence-corrected chi connectivity index (χ2v) is 7.42. The summed E-state index contributed by atoms with van der Waals surface area (Å²) in [5, 5.41) is 5.47. The largest absolute Gasteiger partial charge is 0.494 e. The summed E-state index contributed by atoms with van der Waals surface area (Å²) >= 11 is 0. The van der Waals surface area contributed by atoms with Gasteiger partial charge < -0.3 is 20.1 Å². The van der Waals surface area contributed by atoms with Crippen LogP contribution >= 0.6 is 0 Å². The van der Waals surface area contributed by atoms with Crippen LogP contribution in [-0.4, -0.2) is 37.0 Å². The summed E-state index contributed by atoms with van der Waals surface area (Å²) in [5.74, 6) is -0.770. The van der Waals surface area contributed by atoms with Crippen LogP contribution in [0.1, 0.15) is 54.2 Å². The summed E-state index contributed by atoms with van der Waals surface area (Å²) in [6, 6.07) is 14.6. The fourth-order valence-electron chi connectivity index (χ4n) is 3.61. The molecule has 0 fully saturated rings. The van der Waals surface area contributed by atoms with Crippen LogP contribution in [0.2, 0.25) is 0 Å². The van der Waals surface area contributed by atoms with Crippen LogP contribution in [0, 0.1) is 0 Å². The molecule has 0 unspecified atom stereocenters. The summed E-state index contributed by atoms with van der Waals surface area (Å²) < 4.78 is 10.5. The molecule has 3 rings (SSSR count). The third kappa shape index (κ3) is 6.07. The minimum absolute atomic E-state index is 0.0852. The number of hydrogen-bond donors (Lipinski definition) is 2. The topological polar surface area (TPSA) is 93.7 Å². The van der Waals surface area contributed by atoms with Crippen LogP contribution in [0.3, 0.4) is 0 Å². The molecule has 0 saturated heterocycles. The minimum atomic E-state index is -0.955. The number of fused-ring (bicyclic) bond motifs is 1. The third-order valence-electron chi connectivity index (χ3n) is 5.18. The number of nitrogens with one attached hydrogen (secondary N) is 2. The highest BCUT2D eigenvalue weighted by molar-refractivity contribution is 5.96. The average Bonchev–Trinajstić information content (AvgIpc) is 2.78. The highest BCUT2D eigenvalue weighted by atomic mass is 16.5. The van der Waals surface area contributed by atoms with E-state index in [2.05, 4.69) is 16.7 Å². The first-order valence-electron chi connectivity index (χ1n) is 10.6. The van der Waals surface area contributed by atoms with E-state index in [0.29, 0.717) is 17.9 Å². The van der Waals surface area contributed by atoms with Crippen molar-refractivity contribution in [3.8, 4) is 5.75 Å². The van der Waals surface area contributed by atoms with E-state index >= 15 is 0 Å². The molecule has 164 valence electrons. The maximum absolute atomic E-state index is 12.5. The van der Waals surface area contributed by atoms with Crippen molar-refractivity contribution < 1.29 is 23.9 Å². The Kier molecular flexibility index (Phi) is 7.65. The molecule has 0 heterocycles. The Labute approximate surface area is 182 Å². The summed E-state index contributed by atoms with van der Waals surface area (Å²) in [5.41, 5.74) is 2.75. The second-order valence-electron chi connectivity index (χ2n) is 7.42. The van der Waals surface area contributed by atoms with Gasteiger partial charge in [0.05, 0.1) is 12.6 Å². The Morgan fingerprint density at radius 2 is 1.84 bits per heavy atom. The van der Waals surface area contributed by atoms with Gasteiger partial charge in [0.25, 0.3) is 11.8 Å². The first kappa shape index (κ1) is 22.3. The van der Waals surface area contributed by atoms with Crippen LogP contribution in [0.25, 0.3) is 0 Å². The predicted octanol–water partition coefficient (Wildman–Crippen LogP) is 2.94. The van der Waals surface area contributed by atoms with E-state index in [9.17, 15) is 14.4 Å². The van der Waals surface area contributed by atoms with Crippen LogP contribution < -0.4 is 15.4 Å². The number of benzene rings is 2. The van der Waals surface area contributed by atoms with Crippen LogP contribution in [-0.2, 0) is 20.7 Å². The molecule has 2 atom stereocenters. The van der Waals surface area contributed by atoms with E-state index in [0.717, 1.165) is 24.8 Å². The molecule has 7 heteroatoms. The van der Waals surface area contributed by atoms with E-state index in [1.54, 1.807) is 24.3 Å². The lowest BCUT2D eigenvalue weighted by atomic mass is 9.87. The molecule has 0 spiro atoms. The van der Waals surface area contributed by atoms with Gasteiger partial charge in [0.1, 0.15) is 12.3 Å². The van der Waals surface area contributed by atoms with Crippen molar-refractivity contribution in [3.63, 3.8) is 0 Å². The minimum Gasteiger partial charge on any atom is -0.494 e. The highest BCUT2D eigenvalue weighted by Crippen LogP contribution is 2.29. The number of hydrogen-bond acceptors (Lipinski definition) is 5. The van der Waals surface area contributed by atoms with Crippen molar-refractivity contribution in [3.05, 3.63) is 65.2 Å². The SMILES string of the molecule is CCOc1ccc(C(=O)NCC(=O)O[C@@H](C)C(=O)N[C@H]2CCCc3ccccc32)cc1. The maximum Gasteiger partial charge on any atom is 0.326 e. The first-order chi connectivity index (χ1) is 15.0. The quantitative estimate of drug-likeness (QED) is 0.636. The molecule has 31 heavy (non-hydrogen) atoms. The molecule has 2 aromatic carbocycles. The molecule has 7 nitrogen and oxygen atoms in total. The van der Waals surface area contributed by atoms with Gasteiger partial charge in [0, 0.05) is 5.56 Å². The van der Waals surface area contributed by atoms with Crippen molar-refractivity contribution in [1.82, 2.24) is 10.6 Å². The van der Waals surface area contributed by atoms with Gasteiger partial charge in [-0.2, -0.15) is 0 Å². The smallest absolute Gasteiger partial charge is 0.326 e. The van der Waals surface area contributed by atoms with Crippen molar-refractivity contribution >= 4 is 17.8 Å². The van der Waals surface area contributed by atoms with Crippen LogP contribution in [0.5, 0.6) is 5.75 Å². The number of rotatable bonds is 8. The lowest BCUT2D eigenvalue weighted by Crippen LogP contribution is -2.41. The van der Waals surface area contributed by atoms with E-state index in [1.807, 2.05) is 25.1 Å². The van der Waals surface area contributed by atoms with Gasteiger partial charge in [-0.3, -0.25) is 14.4 Å². The number of aryl methyl sites for hydroxylation is 1. The fourth-order valence-corrected chi connectivity index (χ4v) is 3.61. The highest BCUT2D eigenvalue weighted by Gasteiger charge is 2.25. The standard InChI is InChI=1S/C24H28N2O5/c1-3-30-19-13-11-18(12-14-19)24(29)25-15-22(27)31-16(2)23(28)26-21-10-6-8-17-7-4-5-9-20(17)21/h4-5,7,9,11-14,16,21H,3,6,8,10,15H2,1-2H3,(H,25,29)(H,26,28)/t16-,21-/m0/s1. The molecule has 1 aliphatic rings. The second kappa shape index (κ2) is 10.6. The average molecular weight is 424 g/mol. The summed E-state index contributed by atoms with van der Waals surface area (Å²) in [7, 11) is 0. The Bertz CT molecular complexity index is 926. The number of amides is 2. The molecule has 0 bridgehead atoms. The van der Waals surface area contributed by atoms with Crippen LogP contribution in [0.15, 0.2) is 48.5 Å². The Morgan fingerprint density at radius 3 is 2.58 bits per heavy atom. The van der Waals surface area contributed by atoms with E-state index in [1.165, 1.54) is 12.5 Å². The van der Waals surface area contributed by atoms with Crippen molar-refractivity contribution in [2.24, 2.45) is 0 Å². The van der Waals surface area contributed by atoms with E-state index in [4.69, 9.17) is 9.47 Å². The van der Waals surface area contributed by atoms with Gasteiger partial charge in [-0.1, -0.05) is 24.3 Å². The molecular formula is C24H28N2O5. The number of ether oxygens (including phenoxy) is 2. The summed E-state index contributed by atoms with van der Waals surface area (Å²) in [6.07, 6.45) is 1.89. The van der Waals surface area contributed by atoms with Gasteiger partial charge in [-0.15, -0.1) is 0 Å².